The molecule has 9 heteroatoms. The van der Waals surface area contributed by atoms with Gasteiger partial charge in [0.1, 0.15) is 11.5 Å². The SMILES string of the molecule is CCc1cccc(C(O)(C(=O)O)c2cccc(OCCCCCNC[C@H](O)c3ccc(O)c4[nH]c(=O)ccc34)c2)c1. The number of aliphatic hydroxyl groups excluding tert-OH is 1. The van der Waals surface area contributed by atoms with Crippen molar-refractivity contribution in [2.45, 2.75) is 44.3 Å². The zero-order chi connectivity index (χ0) is 29.4. The third kappa shape index (κ3) is 6.94. The van der Waals surface area contributed by atoms with Crippen LogP contribution in [0.15, 0.2) is 77.6 Å². The topological polar surface area (TPSA) is 152 Å². The molecule has 9 nitrogen and oxygen atoms in total. The van der Waals surface area contributed by atoms with E-state index in [1.807, 2.05) is 13.0 Å². The number of hydrogen-bond donors (Lipinski definition) is 6. The molecule has 0 saturated heterocycles. The van der Waals surface area contributed by atoms with Crippen molar-refractivity contribution >= 4 is 16.9 Å². The first kappa shape index (κ1) is 29.8. The summed E-state index contributed by atoms with van der Waals surface area (Å²) in [6, 6.07) is 19.6. The van der Waals surface area contributed by atoms with E-state index in [1.165, 1.54) is 12.1 Å². The van der Waals surface area contributed by atoms with Crippen LogP contribution in [0.2, 0.25) is 0 Å². The molecule has 3 aromatic carbocycles. The van der Waals surface area contributed by atoms with Crippen LogP contribution in [0.5, 0.6) is 11.5 Å². The average Bonchev–Trinajstić information content (AvgIpc) is 2.98. The maximum Gasteiger partial charge on any atom is 0.345 e. The lowest BCUT2D eigenvalue weighted by molar-refractivity contribution is -0.155. The Labute approximate surface area is 238 Å². The lowest BCUT2D eigenvalue weighted by atomic mass is 9.85. The number of aryl methyl sites for hydroxylation is 1. The highest BCUT2D eigenvalue weighted by Crippen LogP contribution is 2.33. The number of phenols is 1. The fourth-order valence-corrected chi connectivity index (χ4v) is 4.86. The quantitative estimate of drug-likeness (QED) is 0.127. The number of phenolic OH excluding ortho intramolecular Hbond substituents is 1. The number of aliphatic carboxylic acids is 1. The summed E-state index contributed by atoms with van der Waals surface area (Å²) in [4.78, 5) is 26.4. The number of nitrogens with one attached hydrogen (secondary N) is 2. The van der Waals surface area contributed by atoms with E-state index in [-0.39, 0.29) is 16.9 Å². The number of hydrogen-bond acceptors (Lipinski definition) is 7. The number of unbranched alkanes of at least 4 members (excludes halogenated alkanes) is 2. The van der Waals surface area contributed by atoms with Gasteiger partial charge >= 0.3 is 5.97 Å². The Bertz CT molecular complexity index is 1550. The molecule has 1 unspecified atom stereocenters. The number of aromatic hydroxyl groups is 1. The van der Waals surface area contributed by atoms with Gasteiger partial charge in [0.15, 0.2) is 0 Å². The molecular formula is C32H36N2O7. The number of ether oxygens (including phenoxy) is 1. The van der Waals surface area contributed by atoms with Crippen molar-refractivity contribution in [2.75, 3.05) is 19.7 Å². The van der Waals surface area contributed by atoms with E-state index in [2.05, 4.69) is 10.3 Å². The number of fused-ring (bicyclic) bond motifs is 1. The van der Waals surface area contributed by atoms with Crippen LogP contribution in [0.25, 0.3) is 10.9 Å². The van der Waals surface area contributed by atoms with E-state index in [1.54, 1.807) is 54.6 Å². The summed E-state index contributed by atoms with van der Waals surface area (Å²) in [5.74, 6) is -0.915. The Morgan fingerprint density at radius 2 is 1.76 bits per heavy atom. The predicted octanol–water partition coefficient (Wildman–Crippen LogP) is 3.99. The molecule has 0 aliphatic carbocycles. The highest BCUT2D eigenvalue weighted by atomic mass is 16.5. The molecule has 0 radical (unpaired) electrons. The average molecular weight is 561 g/mol. The van der Waals surface area contributed by atoms with Gasteiger partial charge in [0.2, 0.25) is 11.2 Å². The lowest BCUT2D eigenvalue weighted by Gasteiger charge is -2.25. The van der Waals surface area contributed by atoms with Gasteiger partial charge in [-0.1, -0.05) is 49.4 Å². The largest absolute Gasteiger partial charge is 0.506 e. The second-order valence-corrected chi connectivity index (χ2v) is 10.0. The first-order chi connectivity index (χ1) is 19.7. The standard InChI is InChI=1S/C32H36N2O7/c1-2-21-8-6-9-22(18-21)32(40,31(38)39)23-10-7-11-24(19-23)41-17-5-3-4-16-33-20-28(36)25-12-14-27(35)30-26(25)13-15-29(37)34-30/h6-15,18-19,28,33,35-36,40H,2-5,16-17,20H2,1H3,(H,34,37)(H,38,39)/t28-,32?/m0/s1. The molecule has 6 N–H and O–H groups in total. The van der Waals surface area contributed by atoms with E-state index in [9.17, 15) is 30.0 Å². The van der Waals surface area contributed by atoms with Crippen molar-refractivity contribution < 1.29 is 30.0 Å². The van der Waals surface area contributed by atoms with Gasteiger partial charge in [0.25, 0.3) is 0 Å². The summed E-state index contributed by atoms with van der Waals surface area (Å²) in [6.45, 7) is 3.40. The molecule has 1 heterocycles. The molecule has 216 valence electrons. The first-order valence-electron chi connectivity index (χ1n) is 13.8. The van der Waals surface area contributed by atoms with Gasteiger partial charge in [-0.25, -0.2) is 4.79 Å². The molecule has 0 saturated carbocycles. The number of aromatic nitrogens is 1. The number of rotatable bonds is 14. The second-order valence-electron chi connectivity index (χ2n) is 10.0. The van der Waals surface area contributed by atoms with Crippen molar-refractivity contribution in [2.24, 2.45) is 0 Å². The Kier molecular flexibility index (Phi) is 9.78. The Balaban J connectivity index is 1.24. The molecule has 0 bridgehead atoms. The minimum Gasteiger partial charge on any atom is -0.506 e. The molecule has 0 spiro atoms. The van der Waals surface area contributed by atoms with Crippen LogP contribution in [-0.2, 0) is 16.8 Å². The monoisotopic (exact) mass is 560 g/mol. The molecule has 4 rings (SSSR count). The number of carboxylic acids is 1. The number of pyridine rings is 1. The van der Waals surface area contributed by atoms with Crippen LogP contribution in [-0.4, -0.2) is 51.1 Å². The van der Waals surface area contributed by atoms with Crippen LogP contribution >= 0.6 is 0 Å². The van der Waals surface area contributed by atoms with Crippen molar-refractivity contribution in [1.82, 2.24) is 10.3 Å². The molecule has 0 fully saturated rings. The maximum absolute atomic E-state index is 12.2. The number of aliphatic hydroxyl groups is 2. The van der Waals surface area contributed by atoms with Crippen molar-refractivity contribution in [1.29, 1.82) is 0 Å². The van der Waals surface area contributed by atoms with Crippen LogP contribution in [0.1, 0.15) is 54.5 Å². The molecule has 41 heavy (non-hydrogen) atoms. The highest BCUT2D eigenvalue weighted by Gasteiger charge is 2.40. The number of aromatic amines is 1. The summed E-state index contributed by atoms with van der Waals surface area (Å²) in [7, 11) is 0. The minimum absolute atomic E-state index is 0.0464. The van der Waals surface area contributed by atoms with Gasteiger partial charge in [-0.05, 0) is 73.2 Å². The predicted molar refractivity (Wildman–Crippen MR) is 156 cm³/mol. The van der Waals surface area contributed by atoms with E-state index < -0.39 is 17.7 Å². The zero-order valence-corrected chi connectivity index (χ0v) is 23.0. The van der Waals surface area contributed by atoms with Crippen molar-refractivity contribution in [3.8, 4) is 11.5 Å². The molecule has 1 aromatic heterocycles. The van der Waals surface area contributed by atoms with Crippen molar-refractivity contribution in [3.63, 3.8) is 0 Å². The first-order valence-corrected chi connectivity index (χ1v) is 13.8. The second kappa shape index (κ2) is 13.5. The Hall–Kier alpha value is -4.18. The third-order valence-corrected chi connectivity index (χ3v) is 7.18. The molecular weight excluding hydrogens is 524 g/mol. The molecule has 0 amide bonds. The van der Waals surface area contributed by atoms with Gasteiger partial charge in [-0.15, -0.1) is 0 Å². The van der Waals surface area contributed by atoms with Gasteiger partial charge < -0.3 is 35.5 Å². The smallest absolute Gasteiger partial charge is 0.345 e. The zero-order valence-electron chi connectivity index (χ0n) is 23.0. The lowest BCUT2D eigenvalue weighted by Crippen LogP contribution is -2.36. The fraction of sp³-hybridized carbons (Fsp3) is 0.312. The van der Waals surface area contributed by atoms with Gasteiger partial charge in [-0.3, -0.25) is 4.79 Å². The van der Waals surface area contributed by atoms with Crippen LogP contribution < -0.4 is 15.6 Å². The summed E-state index contributed by atoms with van der Waals surface area (Å²) in [6.07, 6.45) is 2.41. The Morgan fingerprint density at radius 3 is 2.51 bits per heavy atom. The number of benzene rings is 3. The number of carbonyl (C=O) groups is 1. The van der Waals surface area contributed by atoms with Gasteiger partial charge in [0, 0.05) is 23.6 Å². The molecule has 0 aliphatic rings. The summed E-state index contributed by atoms with van der Waals surface area (Å²) < 4.78 is 5.85. The highest BCUT2D eigenvalue weighted by molar-refractivity contribution is 5.87. The normalized spacial score (nSPS) is 13.5. The Morgan fingerprint density at radius 1 is 1.00 bits per heavy atom. The van der Waals surface area contributed by atoms with E-state index in [0.717, 1.165) is 31.2 Å². The number of carboxylic acid groups (broad SMARTS) is 1. The third-order valence-electron chi connectivity index (χ3n) is 7.18. The molecule has 2 atom stereocenters. The fourth-order valence-electron chi connectivity index (χ4n) is 4.86. The van der Waals surface area contributed by atoms with Gasteiger partial charge in [0.05, 0.1) is 18.2 Å². The van der Waals surface area contributed by atoms with E-state index >= 15 is 0 Å². The van der Waals surface area contributed by atoms with Crippen LogP contribution in [0.3, 0.4) is 0 Å². The summed E-state index contributed by atoms with van der Waals surface area (Å²) in [5.41, 5.74) is -0.134. The molecule has 0 aliphatic heterocycles. The van der Waals surface area contributed by atoms with Crippen molar-refractivity contribution in [3.05, 3.63) is 105 Å². The molecule has 4 aromatic rings. The van der Waals surface area contributed by atoms with E-state index in [0.29, 0.717) is 47.5 Å². The summed E-state index contributed by atoms with van der Waals surface area (Å²) >= 11 is 0. The minimum atomic E-state index is -2.19. The maximum atomic E-state index is 12.2. The van der Waals surface area contributed by atoms with Gasteiger partial charge in [-0.2, -0.15) is 0 Å². The van der Waals surface area contributed by atoms with Crippen LogP contribution in [0, 0.1) is 0 Å². The summed E-state index contributed by atoms with van der Waals surface area (Å²) in [5, 5.41) is 45.7. The number of H-pyrrole nitrogens is 1. The van der Waals surface area contributed by atoms with Crippen LogP contribution in [0.4, 0.5) is 0 Å². The van der Waals surface area contributed by atoms with E-state index in [4.69, 9.17) is 4.74 Å².